The zero-order valence-corrected chi connectivity index (χ0v) is 7.06. The van der Waals surface area contributed by atoms with Gasteiger partial charge in [-0.1, -0.05) is 15.9 Å². The Morgan fingerprint density at radius 2 is 2.56 bits per heavy atom. The van der Waals surface area contributed by atoms with Gasteiger partial charge in [-0.2, -0.15) is 0 Å². The van der Waals surface area contributed by atoms with Crippen LogP contribution in [0.25, 0.3) is 0 Å². The van der Waals surface area contributed by atoms with E-state index in [4.69, 9.17) is 5.73 Å². The summed E-state index contributed by atoms with van der Waals surface area (Å²) < 4.78 is 0.993. The van der Waals surface area contributed by atoms with Gasteiger partial charge >= 0.3 is 0 Å². The number of nitrogens with zero attached hydrogens (tertiary/aromatic N) is 1. The second kappa shape index (κ2) is 4.70. The van der Waals surface area contributed by atoms with Crippen molar-refractivity contribution in [2.75, 3.05) is 0 Å². The monoisotopic (exact) mass is 190 g/mol. The van der Waals surface area contributed by atoms with Gasteiger partial charge in [-0.05, 0) is 20.1 Å². The molecule has 0 heterocycles. The molecule has 0 amide bonds. The molecule has 0 aliphatic rings. The average molecular weight is 191 g/mol. The quantitative estimate of drug-likeness (QED) is 0.677. The summed E-state index contributed by atoms with van der Waals surface area (Å²) in [7, 11) is 0. The van der Waals surface area contributed by atoms with Crippen LogP contribution in [0, 0.1) is 0 Å². The second-order valence-electron chi connectivity index (χ2n) is 1.94. The highest BCUT2D eigenvalue weighted by atomic mass is 79.9. The molecule has 9 heavy (non-hydrogen) atoms. The summed E-state index contributed by atoms with van der Waals surface area (Å²) in [6, 6.07) is 0.178. The molecule has 0 bridgehead atoms. The lowest BCUT2D eigenvalue weighted by Crippen LogP contribution is -2.13. The van der Waals surface area contributed by atoms with Gasteiger partial charge in [-0.3, -0.25) is 4.99 Å². The summed E-state index contributed by atoms with van der Waals surface area (Å²) >= 11 is 3.29. The van der Waals surface area contributed by atoms with Gasteiger partial charge in [0.15, 0.2) is 0 Å². The molecule has 1 atom stereocenters. The fourth-order valence-corrected chi connectivity index (χ4v) is 1.11. The van der Waals surface area contributed by atoms with Crippen LogP contribution in [0.15, 0.2) is 15.7 Å². The molecule has 0 rings (SSSR count). The molecule has 0 aliphatic heterocycles. The topological polar surface area (TPSA) is 38.4 Å². The van der Waals surface area contributed by atoms with Crippen molar-refractivity contribution in [1.29, 1.82) is 0 Å². The molecule has 0 saturated carbocycles. The minimum absolute atomic E-state index is 0.178. The number of halogens is 1. The van der Waals surface area contributed by atoms with E-state index in [9.17, 15) is 0 Å². The van der Waals surface area contributed by atoms with Crippen molar-refractivity contribution in [2.45, 2.75) is 19.4 Å². The minimum atomic E-state index is 0.178. The van der Waals surface area contributed by atoms with Gasteiger partial charge in [0.05, 0.1) is 0 Å². The molecule has 1 unspecified atom stereocenters. The van der Waals surface area contributed by atoms with Gasteiger partial charge in [0.25, 0.3) is 0 Å². The van der Waals surface area contributed by atoms with Gasteiger partial charge in [0.1, 0.15) is 0 Å². The Morgan fingerprint density at radius 1 is 2.00 bits per heavy atom. The minimum Gasteiger partial charge on any atom is -0.328 e. The normalized spacial score (nSPS) is 15.2. The fourth-order valence-electron chi connectivity index (χ4n) is 0.459. The van der Waals surface area contributed by atoms with Crippen LogP contribution in [0.3, 0.4) is 0 Å². The molecular formula is C6H11BrN2. The SMILES string of the molecule is C=N/C=C(/Br)CC(C)N. The van der Waals surface area contributed by atoms with E-state index >= 15 is 0 Å². The predicted molar refractivity (Wildman–Crippen MR) is 44.8 cm³/mol. The lowest BCUT2D eigenvalue weighted by atomic mass is 10.2. The molecule has 0 aromatic heterocycles. The predicted octanol–water partition coefficient (Wildman–Crippen LogP) is 1.66. The molecule has 52 valence electrons. The van der Waals surface area contributed by atoms with Crippen LogP contribution >= 0.6 is 15.9 Å². The van der Waals surface area contributed by atoms with Crippen LogP contribution in [0.2, 0.25) is 0 Å². The van der Waals surface area contributed by atoms with Crippen molar-refractivity contribution >= 4 is 22.6 Å². The van der Waals surface area contributed by atoms with Crippen LogP contribution in [0.5, 0.6) is 0 Å². The number of hydrogen-bond donors (Lipinski definition) is 1. The first-order valence-electron chi connectivity index (χ1n) is 2.72. The third-order valence-corrected chi connectivity index (χ3v) is 1.28. The molecule has 0 aromatic rings. The Bertz CT molecular complexity index is 118. The Kier molecular flexibility index (Phi) is 4.62. The lowest BCUT2D eigenvalue weighted by molar-refractivity contribution is 0.752. The van der Waals surface area contributed by atoms with E-state index in [1.165, 1.54) is 0 Å². The van der Waals surface area contributed by atoms with E-state index in [0.717, 1.165) is 10.9 Å². The Balaban J connectivity index is 3.61. The second-order valence-corrected chi connectivity index (χ2v) is 2.96. The molecular weight excluding hydrogens is 180 g/mol. The maximum absolute atomic E-state index is 5.49. The maximum Gasteiger partial charge on any atom is 0.0362 e. The smallest absolute Gasteiger partial charge is 0.0362 e. The number of hydrogen-bond acceptors (Lipinski definition) is 2. The zero-order valence-electron chi connectivity index (χ0n) is 5.47. The van der Waals surface area contributed by atoms with Crippen LogP contribution in [-0.4, -0.2) is 12.8 Å². The molecule has 0 radical (unpaired) electrons. The van der Waals surface area contributed by atoms with Crippen molar-refractivity contribution in [1.82, 2.24) is 0 Å². The van der Waals surface area contributed by atoms with Crippen molar-refractivity contribution in [3.05, 3.63) is 10.7 Å². The standard InChI is InChI=1S/C6H11BrN2/c1-5(8)3-6(7)4-9-2/h4-5H,2-3,8H2,1H3/b6-4+. The van der Waals surface area contributed by atoms with Gasteiger partial charge in [-0.25, -0.2) is 0 Å². The summed E-state index contributed by atoms with van der Waals surface area (Å²) in [6.07, 6.45) is 2.47. The van der Waals surface area contributed by atoms with Crippen molar-refractivity contribution in [3.63, 3.8) is 0 Å². The van der Waals surface area contributed by atoms with E-state index in [2.05, 4.69) is 27.6 Å². The van der Waals surface area contributed by atoms with E-state index in [-0.39, 0.29) is 6.04 Å². The first kappa shape index (κ1) is 8.85. The molecule has 0 aromatic carbocycles. The molecule has 0 fully saturated rings. The van der Waals surface area contributed by atoms with Crippen LogP contribution in [0.1, 0.15) is 13.3 Å². The van der Waals surface area contributed by atoms with Crippen molar-refractivity contribution in [3.8, 4) is 0 Å². The summed E-state index contributed by atoms with van der Waals surface area (Å²) in [5, 5.41) is 0. The van der Waals surface area contributed by atoms with E-state index < -0.39 is 0 Å². The first-order chi connectivity index (χ1) is 4.16. The van der Waals surface area contributed by atoms with Gasteiger partial charge in [0, 0.05) is 16.7 Å². The van der Waals surface area contributed by atoms with Gasteiger partial charge in [-0.15, -0.1) is 0 Å². The molecule has 2 nitrogen and oxygen atoms in total. The number of nitrogens with two attached hydrogens (primary N) is 1. The molecule has 0 aliphatic carbocycles. The lowest BCUT2D eigenvalue weighted by Gasteiger charge is -2.00. The highest BCUT2D eigenvalue weighted by Gasteiger charge is 1.94. The van der Waals surface area contributed by atoms with Gasteiger partial charge in [0.2, 0.25) is 0 Å². The van der Waals surface area contributed by atoms with Crippen LogP contribution in [0.4, 0.5) is 0 Å². The van der Waals surface area contributed by atoms with Crippen LogP contribution in [-0.2, 0) is 0 Å². The van der Waals surface area contributed by atoms with E-state index in [0.29, 0.717) is 0 Å². The summed E-state index contributed by atoms with van der Waals surface area (Å²) in [5.41, 5.74) is 5.49. The highest BCUT2D eigenvalue weighted by Crippen LogP contribution is 2.10. The Labute approximate surface area is 64.0 Å². The maximum atomic E-state index is 5.49. The molecule has 0 spiro atoms. The third-order valence-electron chi connectivity index (χ3n) is 0.748. The molecule has 2 N–H and O–H groups in total. The van der Waals surface area contributed by atoms with Gasteiger partial charge < -0.3 is 5.73 Å². The highest BCUT2D eigenvalue weighted by molar-refractivity contribution is 9.11. The third kappa shape index (κ3) is 5.73. The Morgan fingerprint density at radius 3 is 2.89 bits per heavy atom. The summed E-state index contributed by atoms with van der Waals surface area (Å²) in [6.45, 7) is 5.25. The average Bonchev–Trinajstić information content (AvgIpc) is 1.63. The molecule has 3 heteroatoms. The largest absolute Gasteiger partial charge is 0.328 e. The number of rotatable bonds is 3. The van der Waals surface area contributed by atoms with E-state index in [1.54, 1.807) is 6.20 Å². The first-order valence-corrected chi connectivity index (χ1v) is 3.52. The summed E-state index contributed by atoms with van der Waals surface area (Å²) in [4.78, 5) is 3.57. The number of aliphatic imine (C=N–C) groups is 1. The van der Waals surface area contributed by atoms with Crippen molar-refractivity contribution < 1.29 is 0 Å². The van der Waals surface area contributed by atoms with E-state index in [1.807, 2.05) is 6.92 Å². The van der Waals surface area contributed by atoms with Crippen molar-refractivity contribution in [2.24, 2.45) is 10.7 Å². The Hall–Kier alpha value is -0.150. The summed E-state index contributed by atoms with van der Waals surface area (Å²) in [5.74, 6) is 0. The van der Waals surface area contributed by atoms with Crippen LogP contribution < -0.4 is 5.73 Å². The molecule has 0 saturated heterocycles. The fraction of sp³-hybridized carbons (Fsp3) is 0.500. The zero-order chi connectivity index (χ0) is 7.28.